The van der Waals surface area contributed by atoms with Gasteiger partial charge in [0.25, 0.3) is 0 Å². The summed E-state index contributed by atoms with van der Waals surface area (Å²) < 4.78 is 38.2. The molecule has 0 atom stereocenters. The van der Waals surface area contributed by atoms with E-state index in [2.05, 4.69) is 0 Å². The summed E-state index contributed by atoms with van der Waals surface area (Å²) in [6.45, 7) is 1.66. The minimum absolute atomic E-state index is 0.134. The van der Waals surface area contributed by atoms with Gasteiger partial charge in [-0.05, 0) is 23.9 Å². The Balaban J connectivity index is 2.84. The molecule has 0 spiro atoms. The fraction of sp³-hybridized carbons (Fsp3) is 0.182. The van der Waals surface area contributed by atoms with Crippen LogP contribution in [0.4, 0.5) is 13.2 Å². The van der Waals surface area contributed by atoms with E-state index < -0.39 is 11.7 Å². The van der Waals surface area contributed by atoms with E-state index in [4.69, 9.17) is 0 Å². The van der Waals surface area contributed by atoms with Crippen LogP contribution in [0.2, 0.25) is 0 Å². The van der Waals surface area contributed by atoms with Crippen LogP contribution >= 0.6 is 11.3 Å². The van der Waals surface area contributed by atoms with Crippen LogP contribution in [0.1, 0.15) is 20.8 Å². The maximum absolute atomic E-state index is 12.7. The lowest BCUT2D eigenvalue weighted by Gasteiger charge is -2.07. The Morgan fingerprint density at radius 1 is 1.31 bits per heavy atom. The van der Waals surface area contributed by atoms with Gasteiger partial charge in [0.2, 0.25) is 0 Å². The van der Waals surface area contributed by atoms with Crippen LogP contribution in [0.3, 0.4) is 0 Å². The number of halogens is 3. The van der Waals surface area contributed by atoms with Crippen molar-refractivity contribution >= 4 is 27.7 Å². The van der Waals surface area contributed by atoms with Crippen LogP contribution in [0.5, 0.6) is 0 Å². The number of aryl methyl sites for hydroxylation is 1. The van der Waals surface area contributed by atoms with Crippen molar-refractivity contribution in [1.82, 2.24) is 0 Å². The van der Waals surface area contributed by atoms with E-state index in [0.29, 0.717) is 22.1 Å². The number of carbonyl (C=O) groups is 1. The molecule has 0 N–H and O–H groups in total. The van der Waals surface area contributed by atoms with Gasteiger partial charge < -0.3 is 0 Å². The molecule has 1 aromatic heterocycles. The van der Waals surface area contributed by atoms with Crippen molar-refractivity contribution in [3.05, 3.63) is 34.2 Å². The number of aldehydes is 1. The molecule has 0 saturated heterocycles. The van der Waals surface area contributed by atoms with E-state index in [1.54, 1.807) is 13.0 Å². The summed E-state index contributed by atoms with van der Waals surface area (Å²) in [4.78, 5) is 11.0. The smallest absolute Gasteiger partial charge is 0.297 e. The third-order valence-electron chi connectivity index (χ3n) is 2.41. The number of fused-ring (bicyclic) bond motifs is 1. The summed E-state index contributed by atoms with van der Waals surface area (Å²) in [5.41, 5.74) is -0.0627. The van der Waals surface area contributed by atoms with Gasteiger partial charge in [-0.1, -0.05) is 12.1 Å². The normalized spacial score (nSPS) is 12.0. The maximum Gasteiger partial charge on any atom is 0.417 e. The lowest BCUT2D eigenvalue weighted by Crippen LogP contribution is -2.04. The van der Waals surface area contributed by atoms with Gasteiger partial charge in [-0.2, -0.15) is 13.2 Å². The summed E-state index contributed by atoms with van der Waals surface area (Å²) in [5.74, 6) is 0. The van der Waals surface area contributed by atoms with Crippen LogP contribution in [0.15, 0.2) is 18.2 Å². The quantitative estimate of drug-likeness (QED) is 0.692. The molecular formula is C11H7F3OS. The van der Waals surface area contributed by atoms with Gasteiger partial charge in [-0.25, -0.2) is 0 Å². The predicted molar refractivity (Wildman–Crippen MR) is 57.0 cm³/mol. The second-order valence-electron chi connectivity index (χ2n) is 3.39. The van der Waals surface area contributed by atoms with Crippen molar-refractivity contribution < 1.29 is 18.0 Å². The van der Waals surface area contributed by atoms with Crippen molar-refractivity contribution in [2.75, 3.05) is 0 Å². The molecule has 84 valence electrons. The highest BCUT2D eigenvalue weighted by Crippen LogP contribution is 2.40. The summed E-state index contributed by atoms with van der Waals surface area (Å²) in [7, 11) is 0. The van der Waals surface area contributed by atoms with Gasteiger partial charge in [0.05, 0.1) is 10.4 Å². The van der Waals surface area contributed by atoms with Crippen LogP contribution < -0.4 is 0 Å². The molecule has 0 bridgehead atoms. The summed E-state index contributed by atoms with van der Waals surface area (Å²) in [6.07, 6.45) is -3.78. The van der Waals surface area contributed by atoms with Crippen LogP contribution in [0.25, 0.3) is 10.1 Å². The molecule has 0 radical (unpaired) electrons. The highest BCUT2D eigenvalue weighted by Gasteiger charge is 2.33. The number of benzene rings is 1. The van der Waals surface area contributed by atoms with E-state index in [9.17, 15) is 18.0 Å². The molecular weight excluding hydrogens is 237 g/mol. The zero-order valence-corrected chi connectivity index (χ0v) is 9.08. The standard InChI is InChI=1S/C11H7F3OS/c1-6-7-3-2-4-8(11(12,13)14)10(7)16-9(6)5-15/h2-5H,1H3. The second-order valence-corrected chi connectivity index (χ2v) is 4.44. The monoisotopic (exact) mass is 244 g/mol. The summed E-state index contributed by atoms with van der Waals surface area (Å²) in [5, 5.41) is 0.502. The first-order chi connectivity index (χ1) is 7.45. The van der Waals surface area contributed by atoms with Crippen LogP contribution in [-0.2, 0) is 6.18 Å². The van der Waals surface area contributed by atoms with E-state index in [0.717, 1.165) is 17.4 Å². The first-order valence-electron chi connectivity index (χ1n) is 4.49. The molecule has 2 rings (SSSR count). The van der Waals surface area contributed by atoms with Crippen LogP contribution in [0, 0.1) is 6.92 Å². The third kappa shape index (κ3) is 1.61. The number of rotatable bonds is 1. The number of alkyl halides is 3. The van der Waals surface area contributed by atoms with E-state index in [-0.39, 0.29) is 4.70 Å². The average molecular weight is 244 g/mol. The van der Waals surface area contributed by atoms with Crippen molar-refractivity contribution in [3.63, 3.8) is 0 Å². The van der Waals surface area contributed by atoms with Crippen molar-refractivity contribution in [2.24, 2.45) is 0 Å². The van der Waals surface area contributed by atoms with Gasteiger partial charge in [-0.3, -0.25) is 4.79 Å². The molecule has 0 unspecified atom stereocenters. The van der Waals surface area contributed by atoms with Gasteiger partial charge in [-0.15, -0.1) is 11.3 Å². The van der Waals surface area contributed by atoms with Crippen molar-refractivity contribution in [1.29, 1.82) is 0 Å². The second kappa shape index (κ2) is 3.59. The van der Waals surface area contributed by atoms with E-state index >= 15 is 0 Å². The highest BCUT2D eigenvalue weighted by molar-refractivity contribution is 7.21. The van der Waals surface area contributed by atoms with E-state index in [1.807, 2.05) is 0 Å². The molecule has 0 fully saturated rings. The Labute approximate surface area is 93.5 Å². The largest absolute Gasteiger partial charge is 0.417 e. The molecule has 0 aliphatic heterocycles. The SMILES string of the molecule is Cc1c(C=O)sc2c(C(F)(F)F)cccc12. The first kappa shape index (κ1) is 11.1. The molecule has 0 aliphatic carbocycles. The van der Waals surface area contributed by atoms with Crippen molar-refractivity contribution in [2.45, 2.75) is 13.1 Å². The fourth-order valence-corrected chi connectivity index (χ4v) is 2.75. The Morgan fingerprint density at radius 2 is 2.00 bits per heavy atom. The minimum Gasteiger partial charge on any atom is -0.297 e. The Kier molecular flexibility index (Phi) is 2.50. The molecule has 5 heteroatoms. The topological polar surface area (TPSA) is 17.1 Å². The molecule has 16 heavy (non-hydrogen) atoms. The number of hydrogen-bond donors (Lipinski definition) is 0. The Hall–Kier alpha value is -1.36. The zero-order chi connectivity index (χ0) is 11.9. The van der Waals surface area contributed by atoms with Gasteiger partial charge in [0.15, 0.2) is 6.29 Å². The molecule has 1 heterocycles. The molecule has 2 aromatic rings. The highest BCUT2D eigenvalue weighted by atomic mass is 32.1. The molecule has 0 aliphatic rings. The fourth-order valence-electron chi connectivity index (χ4n) is 1.60. The van der Waals surface area contributed by atoms with Gasteiger partial charge in [0, 0.05) is 4.70 Å². The molecule has 1 nitrogen and oxygen atoms in total. The van der Waals surface area contributed by atoms with Gasteiger partial charge >= 0.3 is 6.18 Å². The third-order valence-corrected chi connectivity index (χ3v) is 3.68. The Morgan fingerprint density at radius 3 is 2.56 bits per heavy atom. The number of thiophene rings is 1. The molecule has 1 aromatic carbocycles. The zero-order valence-electron chi connectivity index (χ0n) is 8.26. The summed E-state index contributed by atoms with van der Waals surface area (Å²) >= 11 is 0.889. The average Bonchev–Trinajstić information content (AvgIpc) is 2.54. The minimum atomic E-state index is -4.38. The van der Waals surface area contributed by atoms with Crippen LogP contribution in [-0.4, -0.2) is 6.29 Å². The molecule has 0 saturated carbocycles. The lowest BCUT2D eigenvalue weighted by atomic mass is 10.1. The first-order valence-corrected chi connectivity index (χ1v) is 5.31. The Bertz CT molecular complexity index is 554. The number of hydrogen-bond acceptors (Lipinski definition) is 2. The van der Waals surface area contributed by atoms with E-state index in [1.165, 1.54) is 6.07 Å². The predicted octanol–water partition coefficient (Wildman–Crippen LogP) is 4.04. The number of carbonyl (C=O) groups excluding carboxylic acids is 1. The molecule has 0 amide bonds. The lowest BCUT2D eigenvalue weighted by molar-refractivity contribution is -0.136. The van der Waals surface area contributed by atoms with Crippen molar-refractivity contribution in [3.8, 4) is 0 Å². The maximum atomic E-state index is 12.7. The van der Waals surface area contributed by atoms with Gasteiger partial charge in [0.1, 0.15) is 0 Å². The summed E-state index contributed by atoms with van der Waals surface area (Å²) in [6, 6.07) is 4.00.